The van der Waals surface area contributed by atoms with Crippen LogP contribution in [0.2, 0.25) is 0 Å². The summed E-state index contributed by atoms with van der Waals surface area (Å²) >= 11 is 11.3. The van der Waals surface area contributed by atoms with Gasteiger partial charge in [-0.15, -0.1) is 0 Å². The second-order valence-electron chi connectivity index (χ2n) is 4.76. The first-order chi connectivity index (χ1) is 6.50. The van der Waals surface area contributed by atoms with E-state index in [1.807, 2.05) is 0 Å². The molecule has 1 aliphatic rings. The van der Waals surface area contributed by atoms with Crippen molar-refractivity contribution < 1.29 is 4.74 Å². The van der Waals surface area contributed by atoms with Gasteiger partial charge in [-0.3, -0.25) is 0 Å². The van der Waals surface area contributed by atoms with Crippen LogP contribution in [0.25, 0.3) is 0 Å². The van der Waals surface area contributed by atoms with Crippen molar-refractivity contribution in [2.45, 2.75) is 51.2 Å². The Morgan fingerprint density at radius 1 is 1.21 bits per heavy atom. The van der Waals surface area contributed by atoms with Gasteiger partial charge >= 0.3 is 0 Å². The minimum Gasteiger partial charge on any atom is -0.345 e. The van der Waals surface area contributed by atoms with E-state index in [-0.39, 0.29) is 6.10 Å². The Hall–Kier alpha value is 0.540. The van der Waals surface area contributed by atoms with Crippen LogP contribution < -0.4 is 0 Å². The lowest BCUT2D eigenvalue weighted by Gasteiger charge is -2.37. The molecular weight excluding hydrogens is 219 g/mol. The van der Waals surface area contributed by atoms with Gasteiger partial charge in [0.15, 0.2) is 0 Å². The Balaban J connectivity index is 2.54. The highest BCUT2D eigenvalue weighted by Crippen LogP contribution is 2.36. The second-order valence-corrected chi connectivity index (χ2v) is 5.78. The first kappa shape index (κ1) is 12.6. The largest absolute Gasteiger partial charge is 0.345 e. The summed E-state index contributed by atoms with van der Waals surface area (Å²) in [6.07, 6.45) is 3.89. The molecule has 0 unspecified atom stereocenters. The summed E-state index contributed by atoms with van der Waals surface area (Å²) in [6, 6.07) is 0. The molecule has 0 aromatic carbocycles. The molecule has 0 saturated heterocycles. The van der Waals surface area contributed by atoms with Gasteiger partial charge in [0.25, 0.3) is 0 Å². The molecule has 0 N–H and O–H groups in total. The minimum atomic E-state index is -0.674. The van der Waals surface area contributed by atoms with Gasteiger partial charge in [0.05, 0.1) is 6.10 Å². The summed E-state index contributed by atoms with van der Waals surface area (Å²) in [6.45, 7) is 6.76. The van der Waals surface area contributed by atoms with Gasteiger partial charge in [-0.1, -0.05) is 50.4 Å². The highest BCUT2D eigenvalue weighted by Gasteiger charge is 2.32. The van der Waals surface area contributed by atoms with Gasteiger partial charge in [-0.2, -0.15) is 0 Å². The summed E-state index contributed by atoms with van der Waals surface area (Å²) in [5, 5.41) is -0.674. The zero-order valence-electron chi connectivity index (χ0n) is 9.17. The molecule has 3 atom stereocenters. The van der Waals surface area contributed by atoms with E-state index in [0.29, 0.717) is 11.8 Å². The quantitative estimate of drug-likeness (QED) is 0.670. The molecule has 1 rings (SSSR count). The zero-order chi connectivity index (χ0) is 10.7. The number of ether oxygens (including phenoxy) is 1. The van der Waals surface area contributed by atoms with E-state index in [1.54, 1.807) is 0 Å². The molecule has 1 fully saturated rings. The smallest absolute Gasteiger partial charge is 0.206 e. The van der Waals surface area contributed by atoms with E-state index in [1.165, 1.54) is 12.8 Å². The Morgan fingerprint density at radius 3 is 2.36 bits per heavy atom. The predicted molar refractivity (Wildman–Crippen MR) is 61.7 cm³/mol. The van der Waals surface area contributed by atoms with Crippen LogP contribution in [0.3, 0.4) is 0 Å². The normalized spacial score (nSPS) is 34.1. The molecule has 1 aliphatic carbocycles. The fourth-order valence-corrected chi connectivity index (χ4v) is 2.67. The van der Waals surface area contributed by atoms with Gasteiger partial charge < -0.3 is 4.74 Å². The zero-order valence-corrected chi connectivity index (χ0v) is 10.7. The average molecular weight is 239 g/mol. The maximum absolute atomic E-state index is 5.67. The SMILES string of the molecule is CC(C)[C@@H]1CC[C@@H](C)C[C@H]1OC(Cl)Cl. The molecule has 14 heavy (non-hydrogen) atoms. The lowest BCUT2D eigenvalue weighted by molar-refractivity contribution is -0.0305. The average Bonchev–Trinajstić information content (AvgIpc) is 2.01. The van der Waals surface area contributed by atoms with E-state index in [9.17, 15) is 0 Å². The third-order valence-corrected chi connectivity index (χ3v) is 3.44. The molecule has 0 aliphatic heterocycles. The van der Waals surface area contributed by atoms with Crippen molar-refractivity contribution in [3.8, 4) is 0 Å². The molecule has 0 spiro atoms. The summed E-state index contributed by atoms with van der Waals surface area (Å²) in [7, 11) is 0. The Morgan fingerprint density at radius 2 is 1.86 bits per heavy atom. The molecule has 0 amide bonds. The van der Waals surface area contributed by atoms with Crippen LogP contribution in [0.1, 0.15) is 40.0 Å². The number of hydrogen-bond donors (Lipinski definition) is 0. The fourth-order valence-electron chi connectivity index (χ4n) is 2.40. The number of alkyl halides is 2. The van der Waals surface area contributed by atoms with Gasteiger partial charge in [0.1, 0.15) is 0 Å². The number of halogens is 2. The van der Waals surface area contributed by atoms with E-state index < -0.39 is 5.02 Å². The Labute approximate surface area is 97.1 Å². The highest BCUT2D eigenvalue weighted by molar-refractivity contribution is 6.43. The molecule has 0 radical (unpaired) electrons. The standard InChI is InChI=1S/C11H20Cl2O/c1-7(2)9-5-4-8(3)6-10(9)14-11(12)13/h7-11H,4-6H2,1-3H3/t8-,9+,10-/m1/s1. The van der Waals surface area contributed by atoms with E-state index in [0.717, 1.165) is 12.3 Å². The molecule has 0 aromatic rings. The maximum Gasteiger partial charge on any atom is 0.206 e. The molecule has 1 nitrogen and oxygen atoms in total. The molecule has 0 bridgehead atoms. The van der Waals surface area contributed by atoms with Crippen LogP contribution in [0.4, 0.5) is 0 Å². The van der Waals surface area contributed by atoms with Crippen LogP contribution in [-0.2, 0) is 4.74 Å². The molecule has 3 heteroatoms. The monoisotopic (exact) mass is 238 g/mol. The second kappa shape index (κ2) is 5.58. The Kier molecular flexibility index (Phi) is 5.02. The van der Waals surface area contributed by atoms with Crippen molar-refractivity contribution in [2.24, 2.45) is 17.8 Å². The van der Waals surface area contributed by atoms with E-state index in [2.05, 4.69) is 20.8 Å². The minimum absolute atomic E-state index is 0.249. The molecule has 1 saturated carbocycles. The van der Waals surface area contributed by atoms with Crippen molar-refractivity contribution in [2.75, 3.05) is 0 Å². The van der Waals surface area contributed by atoms with Crippen LogP contribution in [0, 0.1) is 17.8 Å². The first-order valence-electron chi connectivity index (χ1n) is 5.44. The third kappa shape index (κ3) is 3.60. The molecule has 0 aromatic heterocycles. The van der Waals surface area contributed by atoms with Crippen molar-refractivity contribution >= 4 is 23.2 Å². The van der Waals surface area contributed by atoms with Crippen molar-refractivity contribution in [1.29, 1.82) is 0 Å². The maximum atomic E-state index is 5.67. The van der Waals surface area contributed by atoms with E-state index in [4.69, 9.17) is 27.9 Å². The van der Waals surface area contributed by atoms with Gasteiger partial charge in [-0.25, -0.2) is 0 Å². The van der Waals surface area contributed by atoms with Gasteiger partial charge in [-0.05, 0) is 30.6 Å². The van der Waals surface area contributed by atoms with Gasteiger partial charge in [0.2, 0.25) is 5.02 Å². The van der Waals surface area contributed by atoms with Crippen molar-refractivity contribution in [1.82, 2.24) is 0 Å². The molecule has 84 valence electrons. The summed E-state index contributed by atoms with van der Waals surface area (Å²) < 4.78 is 5.57. The number of rotatable bonds is 3. The summed E-state index contributed by atoms with van der Waals surface area (Å²) in [5.41, 5.74) is 0. The predicted octanol–water partition coefficient (Wildman–Crippen LogP) is 4.23. The van der Waals surface area contributed by atoms with Gasteiger partial charge in [0, 0.05) is 0 Å². The van der Waals surface area contributed by atoms with E-state index >= 15 is 0 Å². The fraction of sp³-hybridized carbons (Fsp3) is 1.00. The summed E-state index contributed by atoms with van der Waals surface area (Å²) in [4.78, 5) is 0. The summed E-state index contributed by atoms with van der Waals surface area (Å²) in [5.74, 6) is 2.01. The van der Waals surface area contributed by atoms with Crippen LogP contribution in [0.5, 0.6) is 0 Å². The van der Waals surface area contributed by atoms with Crippen LogP contribution in [-0.4, -0.2) is 11.1 Å². The third-order valence-electron chi connectivity index (χ3n) is 3.24. The topological polar surface area (TPSA) is 9.23 Å². The highest BCUT2D eigenvalue weighted by atomic mass is 35.5. The molecule has 0 heterocycles. The lowest BCUT2D eigenvalue weighted by Crippen LogP contribution is -2.35. The molecular formula is C11H20Cl2O. The van der Waals surface area contributed by atoms with Crippen molar-refractivity contribution in [3.63, 3.8) is 0 Å². The van der Waals surface area contributed by atoms with Crippen molar-refractivity contribution in [3.05, 3.63) is 0 Å². The lowest BCUT2D eigenvalue weighted by atomic mass is 9.75. The van der Waals surface area contributed by atoms with Crippen LogP contribution in [0.15, 0.2) is 0 Å². The Bertz CT molecular complexity index is 169. The number of hydrogen-bond acceptors (Lipinski definition) is 1. The first-order valence-corrected chi connectivity index (χ1v) is 6.31. The van der Waals surface area contributed by atoms with Crippen LogP contribution >= 0.6 is 23.2 Å².